The SMILES string of the molecule is CC1CCC(CCNC2(CC(=O)O)CNC2)CC1. The molecule has 104 valence electrons. The summed E-state index contributed by atoms with van der Waals surface area (Å²) in [5, 5.41) is 15.6. The van der Waals surface area contributed by atoms with Crippen molar-refractivity contribution in [1.29, 1.82) is 0 Å². The first kappa shape index (κ1) is 13.8. The summed E-state index contributed by atoms with van der Waals surface area (Å²) in [6, 6.07) is 0. The van der Waals surface area contributed by atoms with Gasteiger partial charge in [-0.15, -0.1) is 0 Å². The molecule has 2 fully saturated rings. The lowest BCUT2D eigenvalue weighted by Crippen LogP contribution is -2.68. The first-order valence-electron chi connectivity index (χ1n) is 7.27. The highest BCUT2D eigenvalue weighted by Crippen LogP contribution is 2.30. The molecule has 1 heterocycles. The van der Waals surface area contributed by atoms with Gasteiger partial charge in [-0.3, -0.25) is 4.79 Å². The van der Waals surface area contributed by atoms with Crippen LogP contribution < -0.4 is 10.6 Å². The zero-order chi connectivity index (χ0) is 13.0. The minimum absolute atomic E-state index is 0.173. The largest absolute Gasteiger partial charge is 0.481 e. The number of hydrogen-bond donors (Lipinski definition) is 3. The molecule has 0 radical (unpaired) electrons. The number of nitrogens with one attached hydrogen (secondary N) is 2. The maximum Gasteiger partial charge on any atom is 0.305 e. The Kier molecular flexibility index (Phi) is 4.62. The van der Waals surface area contributed by atoms with E-state index in [1.165, 1.54) is 32.1 Å². The molecular weight excluding hydrogens is 228 g/mol. The summed E-state index contributed by atoms with van der Waals surface area (Å²) in [5.41, 5.74) is -0.173. The fourth-order valence-electron chi connectivity index (χ4n) is 3.19. The second-order valence-electron chi connectivity index (χ2n) is 6.30. The Bertz CT molecular complexity index is 282. The van der Waals surface area contributed by atoms with Crippen molar-refractivity contribution >= 4 is 5.97 Å². The molecule has 0 amide bonds. The summed E-state index contributed by atoms with van der Waals surface area (Å²) in [7, 11) is 0. The molecule has 0 bridgehead atoms. The topological polar surface area (TPSA) is 61.4 Å². The number of aliphatic carboxylic acids is 1. The quantitative estimate of drug-likeness (QED) is 0.674. The van der Waals surface area contributed by atoms with Gasteiger partial charge in [-0.25, -0.2) is 0 Å². The minimum atomic E-state index is -0.699. The highest BCUT2D eigenvalue weighted by Gasteiger charge is 2.38. The lowest BCUT2D eigenvalue weighted by atomic mass is 9.81. The maximum atomic E-state index is 10.8. The summed E-state index contributed by atoms with van der Waals surface area (Å²) in [6.07, 6.45) is 6.88. The van der Waals surface area contributed by atoms with E-state index < -0.39 is 5.97 Å². The van der Waals surface area contributed by atoms with Gasteiger partial charge in [0.1, 0.15) is 0 Å². The Hall–Kier alpha value is -0.610. The van der Waals surface area contributed by atoms with E-state index in [1.54, 1.807) is 0 Å². The molecule has 1 saturated heterocycles. The number of rotatable bonds is 6. The normalized spacial score (nSPS) is 30.7. The number of carbonyl (C=O) groups is 1. The molecule has 0 atom stereocenters. The van der Waals surface area contributed by atoms with E-state index in [-0.39, 0.29) is 12.0 Å². The molecule has 1 saturated carbocycles. The molecule has 0 aromatic carbocycles. The smallest absolute Gasteiger partial charge is 0.305 e. The summed E-state index contributed by atoms with van der Waals surface area (Å²) in [4.78, 5) is 10.8. The zero-order valence-corrected chi connectivity index (χ0v) is 11.4. The van der Waals surface area contributed by atoms with Crippen LogP contribution in [0.5, 0.6) is 0 Å². The van der Waals surface area contributed by atoms with Gasteiger partial charge in [0.15, 0.2) is 0 Å². The van der Waals surface area contributed by atoms with Gasteiger partial charge in [0, 0.05) is 13.1 Å². The van der Waals surface area contributed by atoms with Crippen LogP contribution in [0.3, 0.4) is 0 Å². The molecule has 3 N–H and O–H groups in total. The maximum absolute atomic E-state index is 10.8. The third-order valence-corrected chi connectivity index (χ3v) is 4.60. The summed E-state index contributed by atoms with van der Waals surface area (Å²) in [6.45, 7) is 4.90. The monoisotopic (exact) mass is 254 g/mol. The van der Waals surface area contributed by atoms with E-state index >= 15 is 0 Å². The summed E-state index contributed by atoms with van der Waals surface area (Å²) < 4.78 is 0. The van der Waals surface area contributed by atoms with Crippen molar-refractivity contribution in [2.75, 3.05) is 19.6 Å². The van der Waals surface area contributed by atoms with Crippen LogP contribution in [0, 0.1) is 11.8 Å². The third kappa shape index (κ3) is 3.69. The Labute approximate surface area is 110 Å². The number of hydrogen-bond acceptors (Lipinski definition) is 3. The molecule has 4 heteroatoms. The fourth-order valence-corrected chi connectivity index (χ4v) is 3.19. The molecule has 2 rings (SSSR count). The number of carboxylic acid groups (broad SMARTS) is 1. The van der Waals surface area contributed by atoms with Gasteiger partial charge in [0.2, 0.25) is 0 Å². The predicted octanol–water partition coefficient (Wildman–Crippen LogP) is 1.61. The predicted molar refractivity (Wildman–Crippen MR) is 71.6 cm³/mol. The molecule has 18 heavy (non-hydrogen) atoms. The van der Waals surface area contributed by atoms with Crippen LogP contribution in [0.4, 0.5) is 0 Å². The van der Waals surface area contributed by atoms with Gasteiger partial charge in [0.25, 0.3) is 0 Å². The third-order valence-electron chi connectivity index (χ3n) is 4.60. The summed E-state index contributed by atoms with van der Waals surface area (Å²) >= 11 is 0. The van der Waals surface area contributed by atoms with E-state index in [4.69, 9.17) is 5.11 Å². The van der Waals surface area contributed by atoms with Crippen LogP contribution >= 0.6 is 0 Å². The second-order valence-corrected chi connectivity index (χ2v) is 6.30. The van der Waals surface area contributed by atoms with Gasteiger partial charge in [-0.05, 0) is 24.8 Å². The highest BCUT2D eigenvalue weighted by molar-refractivity contribution is 5.68. The Morgan fingerprint density at radius 3 is 2.50 bits per heavy atom. The molecule has 0 unspecified atom stereocenters. The van der Waals surface area contributed by atoms with Crippen molar-refractivity contribution in [2.24, 2.45) is 11.8 Å². The van der Waals surface area contributed by atoms with E-state index in [0.29, 0.717) is 0 Å². The molecule has 0 aromatic rings. The van der Waals surface area contributed by atoms with Crippen molar-refractivity contribution in [3.05, 3.63) is 0 Å². The van der Waals surface area contributed by atoms with E-state index in [1.807, 2.05) is 0 Å². The average molecular weight is 254 g/mol. The van der Waals surface area contributed by atoms with Crippen LogP contribution in [0.15, 0.2) is 0 Å². The number of carboxylic acids is 1. The highest BCUT2D eigenvalue weighted by atomic mass is 16.4. The lowest BCUT2D eigenvalue weighted by molar-refractivity contribution is -0.139. The molecule has 0 spiro atoms. The van der Waals surface area contributed by atoms with Gasteiger partial charge in [-0.1, -0.05) is 32.6 Å². The van der Waals surface area contributed by atoms with Crippen LogP contribution in [0.1, 0.15) is 45.4 Å². The van der Waals surface area contributed by atoms with Gasteiger partial charge in [-0.2, -0.15) is 0 Å². The molecule has 1 aliphatic carbocycles. The van der Waals surface area contributed by atoms with Crippen molar-refractivity contribution in [3.8, 4) is 0 Å². The zero-order valence-electron chi connectivity index (χ0n) is 11.4. The van der Waals surface area contributed by atoms with Crippen LogP contribution in [-0.2, 0) is 4.79 Å². The van der Waals surface area contributed by atoms with Gasteiger partial charge >= 0.3 is 5.97 Å². The fraction of sp³-hybridized carbons (Fsp3) is 0.929. The Morgan fingerprint density at radius 2 is 2.00 bits per heavy atom. The first-order valence-corrected chi connectivity index (χ1v) is 7.27. The lowest BCUT2D eigenvalue weighted by Gasteiger charge is -2.43. The van der Waals surface area contributed by atoms with Crippen LogP contribution in [0.25, 0.3) is 0 Å². The van der Waals surface area contributed by atoms with E-state index in [9.17, 15) is 4.79 Å². The molecule has 4 nitrogen and oxygen atoms in total. The molecular formula is C14H26N2O2. The first-order chi connectivity index (χ1) is 8.60. The van der Waals surface area contributed by atoms with Crippen molar-refractivity contribution in [3.63, 3.8) is 0 Å². The van der Waals surface area contributed by atoms with Crippen molar-refractivity contribution < 1.29 is 9.90 Å². The summed E-state index contributed by atoms with van der Waals surface area (Å²) in [5.74, 6) is 1.06. The van der Waals surface area contributed by atoms with E-state index in [0.717, 1.165) is 31.5 Å². The molecule has 0 aromatic heterocycles. The Balaban J connectivity index is 1.66. The van der Waals surface area contributed by atoms with Crippen LogP contribution in [-0.4, -0.2) is 36.2 Å². The minimum Gasteiger partial charge on any atom is -0.481 e. The second kappa shape index (κ2) is 6.02. The van der Waals surface area contributed by atoms with Gasteiger partial charge < -0.3 is 15.7 Å². The van der Waals surface area contributed by atoms with Crippen molar-refractivity contribution in [1.82, 2.24) is 10.6 Å². The molecule has 2 aliphatic rings. The van der Waals surface area contributed by atoms with Crippen molar-refractivity contribution in [2.45, 2.75) is 51.0 Å². The van der Waals surface area contributed by atoms with Gasteiger partial charge in [0.05, 0.1) is 12.0 Å². The Morgan fingerprint density at radius 1 is 1.33 bits per heavy atom. The van der Waals surface area contributed by atoms with E-state index in [2.05, 4.69) is 17.6 Å². The molecule has 1 aliphatic heterocycles. The average Bonchev–Trinajstić information content (AvgIpc) is 2.28. The standard InChI is InChI=1S/C14H26N2O2/c1-11-2-4-12(5-3-11)6-7-16-14(8-13(17)18)9-15-10-14/h11-12,15-16H,2-10H2,1H3,(H,17,18). The van der Waals surface area contributed by atoms with Crippen LogP contribution in [0.2, 0.25) is 0 Å².